The minimum absolute atomic E-state index is 0.213. The Bertz CT molecular complexity index is 392. The molecule has 1 rings (SSSR count). The zero-order valence-electron chi connectivity index (χ0n) is 12.1. The van der Waals surface area contributed by atoms with Gasteiger partial charge in [0.05, 0.1) is 0 Å². The summed E-state index contributed by atoms with van der Waals surface area (Å²) in [7, 11) is 1.90. The van der Waals surface area contributed by atoms with Gasteiger partial charge in [-0.1, -0.05) is 12.1 Å². The van der Waals surface area contributed by atoms with Crippen molar-refractivity contribution in [2.75, 3.05) is 24.8 Å². The number of carbonyl (C=O) groups is 1. The average molecular weight is 280 g/mol. The van der Waals surface area contributed by atoms with Gasteiger partial charge < -0.3 is 10.6 Å². The van der Waals surface area contributed by atoms with Crippen molar-refractivity contribution in [2.45, 2.75) is 32.2 Å². The van der Waals surface area contributed by atoms with E-state index in [0.29, 0.717) is 12.5 Å². The molecule has 2 N–H and O–H groups in total. The Balaban J connectivity index is 2.39. The first kappa shape index (κ1) is 15.9. The zero-order chi connectivity index (χ0) is 14.3. The number of benzene rings is 1. The SMILES string of the molecule is CSCCC(C)N(C)C(=O)CCc1ccc(N)cc1. The molecule has 106 valence electrons. The van der Waals surface area contributed by atoms with Gasteiger partial charge in [0.1, 0.15) is 0 Å². The van der Waals surface area contributed by atoms with E-state index in [-0.39, 0.29) is 5.91 Å². The van der Waals surface area contributed by atoms with Crippen LogP contribution < -0.4 is 5.73 Å². The first-order valence-corrected chi connectivity index (χ1v) is 8.03. The van der Waals surface area contributed by atoms with E-state index >= 15 is 0 Å². The van der Waals surface area contributed by atoms with Crippen LogP contribution in [0.4, 0.5) is 5.69 Å². The van der Waals surface area contributed by atoms with E-state index in [0.717, 1.165) is 29.8 Å². The van der Waals surface area contributed by atoms with Gasteiger partial charge in [0.15, 0.2) is 0 Å². The van der Waals surface area contributed by atoms with Crippen LogP contribution in [0.15, 0.2) is 24.3 Å². The van der Waals surface area contributed by atoms with Crippen LogP contribution in [0.1, 0.15) is 25.3 Å². The van der Waals surface area contributed by atoms with Crippen LogP contribution in [-0.2, 0) is 11.2 Å². The quantitative estimate of drug-likeness (QED) is 0.781. The summed E-state index contributed by atoms with van der Waals surface area (Å²) >= 11 is 1.82. The molecule has 0 saturated carbocycles. The molecule has 1 unspecified atom stereocenters. The fourth-order valence-corrected chi connectivity index (χ4v) is 2.42. The van der Waals surface area contributed by atoms with Gasteiger partial charge in [-0.15, -0.1) is 0 Å². The van der Waals surface area contributed by atoms with E-state index in [1.165, 1.54) is 0 Å². The third kappa shape index (κ3) is 5.55. The topological polar surface area (TPSA) is 46.3 Å². The molecule has 1 aromatic rings. The molecule has 0 bridgehead atoms. The van der Waals surface area contributed by atoms with E-state index in [9.17, 15) is 4.79 Å². The number of thioether (sulfide) groups is 1. The Morgan fingerprint density at radius 3 is 2.58 bits per heavy atom. The summed E-state index contributed by atoms with van der Waals surface area (Å²) in [5, 5.41) is 0. The molecule has 0 heterocycles. The molecule has 0 spiro atoms. The van der Waals surface area contributed by atoms with E-state index in [4.69, 9.17) is 5.73 Å². The number of anilines is 1. The van der Waals surface area contributed by atoms with Crippen molar-refractivity contribution in [3.05, 3.63) is 29.8 Å². The van der Waals surface area contributed by atoms with Crippen LogP contribution in [-0.4, -0.2) is 35.9 Å². The molecule has 4 heteroatoms. The minimum Gasteiger partial charge on any atom is -0.399 e. The molecule has 19 heavy (non-hydrogen) atoms. The number of carbonyl (C=O) groups excluding carboxylic acids is 1. The maximum Gasteiger partial charge on any atom is 0.222 e. The van der Waals surface area contributed by atoms with Crippen molar-refractivity contribution >= 4 is 23.4 Å². The lowest BCUT2D eigenvalue weighted by Crippen LogP contribution is -2.35. The number of hydrogen-bond acceptors (Lipinski definition) is 3. The monoisotopic (exact) mass is 280 g/mol. The Hall–Kier alpha value is -1.16. The highest BCUT2D eigenvalue weighted by atomic mass is 32.2. The van der Waals surface area contributed by atoms with Crippen LogP contribution in [0.2, 0.25) is 0 Å². The van der Waals surface area contributed by atoms with Gasteiger partial charge in [-0.05, 0) is 49.5 Å². The highest BCUT2D eigenvalue weighted by Gasteiger charge is 2.14. The Morgan fingerprint density at radius 2 is 2.00 bits per heavy atom. The van der Waals surface area contributed by atoms with Gasteiger partial charge in [-0.3, -0.25) is 4.79 Å². The van der Waals surface area contributed by atoms with Crippen molar-refractivity contribution in [3.8, 4) is 0 Å². The van der Waals surface area contributed by atoms with Crippen LogP contribution >= 0.6 is 11.8 Å². The lowest BCUT2D eigenvalue weighted by molar-refractivity contribution is -0.131. The highest BCUT2D eigenvalue weighted by Crippen LogP contribution is 2.11. The Morgan fingerprint density at radius 1 is 1.37 bits per heavy atom. The third-order valence-electron chi connectivity index (χ3n) is 3.40. The van der Waals surface area contributed by atoms with E-state index < -0.39 is 0 Å². The van der Waals surface area contributed by atoms with Crippen molar-refractivity contribution in [1.82, 2.24) is 4.90 Å². The summed E-state index contributed by atoms with van der Waals surface area (Å²) in [6, 6.07) is 8.04. The predicted molar refractivity (Wildman–Crippen MR) is 84.4 cm³/mol. The van der Waals surface area contributed by atoms with Crippen LogP contribution in [0.25, 0.3) is 0 Å². The van der Waals surface area contributed by atoms with Crippen LogP contribution in [0.3, 0.4) is 0 Å². The maximum atomic E-state index is 12.1. The first-order chi connectivity index (χ1) is 9.04. The van der Waals surface area contributed by atoms with Crippen molar-refractivity contribution < 1.29 is 4.79 Å². The van der Waals surface area contributed by atoms with E-state index in [1.807, 2.05) is 48.0 Å². The van der Waals surface area contributed by atoms with Gasteiger partial charge in [0.2, 0.25) is 5.91 Å². The van der Waals surface area contributed by atoms with E-state index in [2.05, 4.69) is 13.2 Å². The summed E-state index contributed by atoms with van der Waals surface area (Å²) < 4.78 is 0. The lowest BCUT2D eigenvalue weighted by Gasteiger charge is -2.24. The van der Waals surface area contributed by atoms with Gasteiger partial charge in [-0.2, -0.15) is 11.8 Å². The fraction of sp³-hybridized carbons (Fsp3) is 0.533. The molecule has 3 nitrogen and oxygen atoms in total. The van der Waals surface area contributed by atoms with Gasteiger partial charge in [0, 0.05) is 25.2 Å². The second kappa shape index (κ2) is 8.10. The number of hydrogen-bond donors (Lipinski definition) is 1. The fourth-order valence-electron chi connectivity index (χ4n) is 1.84. The first-order valence-electron chi connectivity index (χ1n) is 6.63. The average Bonchev–Trinajstić information content (AvgIpc) is 2.42. The summed E-state index contributed by atoms with van der Waals surface area (Å²) in [5.74, 6) is 1.31. The van der Waals surface area contributed by atoms with Gasteiger partial charge in [-0.25, -0.2) is 0 Å². The smallest absolute Gasteiger partial charge is 0.222 e. The van der Waals surface area contributed by atoms with Crippen molar-refractivity contribution in [3.63, 3.8) is 0 Å². The van der Waals surface area contributed by atoms with Gasteiger partial charge in [0.25, 0.3) is 0 Å². The molecule has 0 aliphatic carbocycles. The second-order valence-corrected chi connectivity index (χ2v) is 5.86. The molecule has 1 atom stereocenters. The number of nitrogens with zero attached hydrogens (tertiary/aromatic N) is 1. The van der Waals surface area contributed by atoms with E-state index in [1.54, 1.807) is 0 Å². The standard InChI is InChI=1S/C15H24N2OS/c1-12(10-11-19-3)17(2)15(18)9-6-13-4-7-14(16)8-5-13/h4-5,7-8,12H,6,9-11,16H2,1-3H3. The van der Waals surface area contributed by atoms with Crippen LogP contribution in [0.5, 0.6) is 0 Å². The molecule has 0 saturated heterocycles. The highest BCUT2D eigenvalue weighted by molar-refractivity contribution is 7.98. The summed E-state index contributed by atoms with van der Waals surface area (Å²) in [5.41, 5.74) is 7.56. The van der Waals surface area contributed by atoms with Crippen molar-refractivity contribution in [1.29, 1.82) is 0 Å². The summed E-state index contributed by atoms with van der Waals surface area (Å²) in [4.78, 5) is 14.0. The molecule has 0 aliphatic heterocycles. The predicted octanol–water partition coefficient (Wildman–Crippen LogP) is 2.80. The number of amides is 1. The van der Waals surface area contributed by atoms with Crippen LogP contribution in [0, 0.1) is 0 Å². The maximum absolute atomic E-state index is 12.1. The molecule has 1 aromatic carbocycles. The third-order valence-corrected chi connectivity index (χ3v) is 4.05. The number of aryl methyl sites for hydroxylation is 1. The van der Waals surface area contributed by atoms with Crippen molar-refractivity contribution in [2.24, 2.45) is 0 Å². The molecule has 0 aromatic heterocycles. The largest absolute Gasteiger partial charge is 0.399 e. The number of nitrogen functional groups attached to an aromatic ring is 1. The molecular weight excluding hydrogens is 256 g/mol. The molecule has 1 amide bonds. The summed E-state index contributed by atoms with van der Waals surface area (Å²) in [6.45, 7) is 2.11. The Labute approximate surface area is 120 Å². The van der Waals surface area contributed by atoms with Gasteiger partial charge >= 0.3 is 0 Å². The minimum atomic E-state index is 0.213. The number of rotatable bonds is 7. The number of nitrogens with two attached hydrogens (primary N) is 1. The second-order valence-electron chi connectivity index (χ2n) is 4.88. The molecule has 0 radical (unpaired) electrons. The normalized spacial score (nSPS) is 12.2. The Kier molecular flexibility index (Phi) is 6.78. The molecule has 0 aliphatic rings. The summed E-state index contributed by atoms with van der Waals surface area (Å²) in [6.07, 6.45) is 4.48. The molecule has 0 fully saturated rings. The lowest BCUT2D eigenvalue weighted by atomic mass is 10.1. The zero-order valence-corrected chi connectivity index (χ0v) is 12.9. The molecular formula is C15H24N2OS.